The first-order valence-corrected chi connectivity index (χ1v) is 26.0. The van der Waals surface area contributed by atoms with E-state index in [1.165, 1.54) is 6.07 Å². The molecule has 13 aromatic rings. The number of hydrogen-bond donors (Lipinski definition) is 0. The molecule has 0 N–H and O–H groups in total. The normalized spacial score (nSPS) is 12.3. The van der Waals surface area contributed by atoms with Crippen LogP contribution < -0.4 is 0 Å². The number of alkyl halides is 9. The van der Waals surface area contributed by atoms with Gasteiger partial charge in [0.05, 0.1) is 44.4 Å². The van der Waals surface area contributed by atoms with Gasteiger partial charge in [-0.25, -0.2) is 15.0 Å². The molecule has 10 aromatic carbocycles. The number of fused-ring (bicyclic) bond motifs is 6. The van der Waals surface area contributed by atoms with E-state index in [-0.39, 0.29) is 11.4 Å². The number of aryl methyl sites for hydroxylation is 2. The fraction of sp³-hybridized carbons (Fsp3) is 0.0735. The van der Waals surface area contributed by atoms with Gasteiger partial charge in [0.1, 0.15) is 0 Å². The zero-order valence-corrected chi connectivity index (χ0v) is 43.4. The van der Waals surface area contributed by atoms with E-state index in [0.717, 1.165) is 47.2 Å². The van der Waals surface area contributed by atoms with E-state index in [0.29, 0.717) is 111 Å². The minimum Gasteiger partial charge on any atom is -0.309 e. The predicted octanol–water partition coefficient (Wildman–Crippen LogP) is 19.7. The van der Waals surface area contributed by atoms with E-state index in [2.05, 4.69) is 0 Å². The summed E-state index contributed by atoms with van der Waals surface area (Å²) in [5.74, 6) is 0.781. The van der Waals surface area contributed by atoms with Gasteiger partial charge in [0.15, 0.2) is 17.5 Å². The molecule has 0 atom stereocenters. The Hall–Kier alpha value is -9.82. The van der Waals surface area contributed by atoms with Crippen molar-refractivity contribution in [3.63, 3.8) is 0 Å². The monoisotopic (exact) mass is 1100 g/mol. The van der Waals surface area contributed by atoms with Crippen molar-refractivity contribution in [1.29, 1.82) is 0 Å². The minimum absolute atomic E-state index is 0.137. The maximum absolute atomic E-state index is 15.4. The van der Waals surface area contributed by atoms with Crippen molar-refractivity contribution in [2.75, 3.05) is 0 Å². The van der Waals surface area contributed by atoms with E-state index < -0.39 is 35.2 Å². The predicted molar refractivity (Wildman–Crippen MR) is 306 cm³/mol. The molecule has 402 valence electrons. The molecule has 0 saturated carbocycles. The fourth-order valence-corrected chi connectivity index (χ4v) is 11.2. The summed E-state index contributed by atoms with van der Waals surface area (Å²) in [4.78, 5) is 15.1. The van der Waals surface area contributed by atoms with E-state index >= 15 is 13.2 Å². The van der Waals surface area contributed by atoms with Crippen LogP contribution in [0.3, 0.4) is 0 Å². The van der Waals surface area contributed by atoms with Crippen LogP contribution in [0.1, 0.15) is 27.8 Å². The summed E-state index contributed by atoms with van der Waals surface area (Å²) >= 11 is 0. The summed E-state index contributed by atoms with van der Waals surface area (Å²) < 4.78 is 135. The first kappa shape index (κ1) is 51.6. The molecular weight excluding hydrogens is 1060 g/mol. The topological polar surface area (TPSA) is 48.5 Å². The molecule has 3 aromatic heterocycles. The van der Waals surface area contributed by atoms with Crippen LogP contribution in [0.4, 0.5) is 39.5 Å². The Labute approximate surface area is 462 Å². The highest BCUT2D eigenvalue weighted by molar-refractivity contribution is 6.12. The Bertz CT molecular complexity index is 4610. The van der Waals surface area contributed by atoms with Gasteiger partial charge in [-0.15, -0.1) is 0 Å². The molecule has 0 spiro atoms. The van der Waals surface area contributed by atoms with Crippen LogP contribution >= 0.6 is 0 Å². The minimum atomic E-state index is -4.82. The fourth-order valence-electron chi connectivity index (χ4n) is 11.2. The van der Waals surface area contributed by atoms with E-state index in [9.17, 15) is 26.3 Å². The second kappa shape index (κ2) is 19.5. The van der Waals surface area contributed by atoms with Crippen LogP contribution in [0.2, 0.25) is 0 Å². The highest BCUT2D eigenvalue weighted by Crippen LogP contribution is 2.46. The quantitative estimate of drug-likeness (QED) is 0.143. The molecule has 0 aliphatic heterocycles. The zero-order valence-electron chi connectivity index (χ0n) is 43.4. The molecule has 0 aliphatic carbocycles. The van der Waals surface area contributed by atoms with Crippen molar-refractivity contribution in [1.82, 2.24) is 24.1 Å². The molecule has 0 radical (unpaired) electrons. The second-order valence-electron chi connectivity index (χ2n) is 20.3. The average Bonchev–Trinajstić information content (AvgIpc) is 4.08. The number of halogens is 9. The van der Waals surface area contributed by atoms with Crippen molar-refractivity contribution < 1.29 is 39.5 Å². The summed E-state index contributed by atoms with van der Waals surface area (Å²) in [7, 11) is 0. The lowest BCUT2D eigenvalue weighted by molar-refractivity contribution is -0.138. The molecule has 0 aliphatic rings. The van der Waals surface area contributed by atoms with Gasteiger partial charge in [0.25, 0.3) is 0 Å². The molecule has 82 heavy (non-hydrogen) atoms. The van der Waals surface area contributed by atoms with Crippen LogP contribution in [0.5, 0.6) is 0 Å². The van der Waals surface area contributed by atoms with Crippen molar-refractivity contribution in [3.05, 3.63) is 246 Å². The average molecular weight is 1100 g/mol. The van der Waals surface area contributed by atoms with E-state index in [4.69, 9.17) is 15.0 Å². The number of nitrogens with zero attached hydrogens (tertiary/aromatic N) is 5. The highest BCUT2D eigenvalue weighted by atomic mass is 19.4. The maximum atomic E-state index is 15.4. The van der Waals surface area contributed by atoms with Gasteiger partial charge >= 0.3 is 18.5 Å². The van der Waals surface area contributed by atoms with Crippen LogP contribution in [0.25, 0.3) is 123 Å². The zero-order chi connectivity index (χ0) is 56.8. The third-order valence-electron chi connectivity index (χ3n) is 14.9. The molecule has 0 fully saturated rings. The van der Waals surface area contributed by atoms with E-state index in [1.54, 1.807) is 56.3 Å². The molecule has 0 amide bonds. The Balaban J connectivity index is 1.10. The van der Waals surface area contributed by atoms with Crippen molar-refractivity contribution in [2.45, 2.75) is 32.4 Å². The van der Waals surface area contributed by atoms with Gasteiger partial charge in [0, 0.05) is 49.5 Å². The maximum Gasteiger partial charge on any atom is 0.416 e. The lowest BCUT2D eigenvalue weighted by Gasteiger charge is -2.20. The third-order valence-corrected chi connectivity index (χ3v) is 14.9. The van der Waals surface area contributed by atoms with Gasteiger partial charge < -0.3 is 9.13 Å². The SMILES string of the molecule is Cc1cc(-c2ccc3c(c2)c2ccccc2n3-c2ccc(-c3nc(-c4ccccc4)nc(-c4ccccc4)n3)c(-c3cc(C(F)(F)F)ccc3-n3c4ccccc4c4cc(-c5cc(C)cc(C(F)(F)F)c5)ccc43)c2)cc(C(F)(F)F)c1. The number of aromatic nitrogens is 5. The first-order chi connectivity index (χ1) is 39.3. The molecule has 13 rings (SSSR count). The van der Waals surface area contributed by atoms with Crippen LogP contribution in [0, 0.1) is 13.8 Å². The molecule has 0 bridgehead atoms. The van der Waals surface area contributed by atoms with Crippen LogP contribution in [-0.4, -0.2) is 24.1 Å². The van der Waals surface area contributed by atoms with Crippen molar-refractivity contribution in [3.8, 4) is 78.9 Å². The smallest absolute Gasteiger partial charge is 0.309 e. The van der Waals surface area contributed by atoms with Gasteiger partial charge in [0.2, 0.25) is 0 Å². The molecular formula is C68H42F9N5. The largest absolute Gasteiger partial charge is 0.416 e. The molecule has 0 saturated heterocycles. The van der Waals surface area contributed by atoms with Crippen LogP contribution in [0.15, 0.2) is 218 Å². The number of rotatable bonds is 8. The molecule has 0 unspecified atom stereocenters. The van der Waals surface area contributed by atoms with Gasteiger partial charge in [-0.3, -0.25) is 0 Å². The van der Waals surface area contributed by atoms with E-state index in [1.807, 2.05) is 143 Å². The highest BCUT2D eigenvalue weighted by Gasteiger charge is 2.34. The standard InChI is InChI=1S/C68H42F9N5/c1-39-29-45(33-48(31-39)67(72,73)74)43-21-26-60-55(35-43)51-17-9-11-19-58(51)81(60)50-24-25-53(65-79-63(41-13-5-3-6-14-41)78-64(80-65)42-15-7-4-8-16-42)54(38-50)57-37-47(66(69,70)71)23-28-62(57)82-59-20-12-10-18-52(59)56-36-44(22-27-61(56)82)46-30-40(2)32-49(34-46)68(75,76)77/h3-38H,1-2H3. The van der Waals surface area contributed by atoms with Gasteiger partial charge in [-0.05, 0) is 150 Å². The molecule has 14 heteroatoms. The number of hydrogen-bond acceptors (Lipinski definition) is 3. The number of para-hydroxylation sites is 2. The third kappa shape index (κ3) is 9.29. The first-order valence-electron chi connectivity index (χ1n) is 26.0. The molecule has 3 heterocycles. The van der Waals surface area contributed by atoms with Crippen molar-refractivity contribution in [2.24, 2.45) is 0 Å². The van der Waals surface area contributed by atoms with Crippen molar-refractivity contribution >= 4 is 43.6 Å². The summed E-state index contributed by atoms with van der Waals surface area (Å²) in [6.45, 7) is 3.22. The summed E-state index contributed by atoms with van der Waals surface area (Å²) in [6.07, 6.45) is -14.0. The number of benzene rings is 10. The lowest BCUT2D eigenvalue weighted by Crippen LogP contribution is -2.08. The molecule has 5 nitrogen and oxygen atoms in total. The Kier molecular flexibility index (Phi) is 12.3. The lowest BCUT2D eigenvalue weighted by atomic mass is 9.94. The van der Waals surface area contributed by atoms with Gasteiger partial charge in [-0.1, -0.05) is 121 Å². The van der Waals surface area contributed by atoms with Crippen LogP contribution in [-0.2, 0) is 18.5 Å². The summed E-state index contributed by atoms with van der Waals surface area (Å²) in [5.41, 5.74) is 5.68. The van der Waals surface area contributed by atoms with Gasteiger partial charge in [-0.2, -0.15) is 39.5 Å². The Morgan fingerprint density at radius 1 is 0.293 bits per heavy atom. The second-order valence-corrected chi connectivity index (χ2v) is 20.3. The summed E-state index contributed by atoms with van der Waals surface area (Å²) in [6, 6.07) is 61.0. The summed E-state index contributed by atoms with van der Waals surface area (Å²) in [5, 5.41) is 2.84. The Morgan fingerprint density at radius 3 is 1.26 bits per heavy atom. The Morgan fingerprint density at radius 2 is 0.744 bits per heavy atom.